The van der Waals surface area contributed by atoms with E-state index in [2.05, 4.69) is 15.0 Å². The lowest BCUT2D eigenvalue weighted by Gasteiger charge is -2.28. The Morgan fingerprint density at radius 1 is 0.976 bits per heavy atom. The average Bonchev–Trinajstić information content (AvgIpc) is 3.49. The molecule has 0 aromatic carbocycles. The number of fused-ring (bicyclic) bond motifs is 1. The molecule has 0 N–H and O–H groups in total. The van der Waals surface area contributed by atoms with Gasteiger partial charge in [0.05, 0.1) is 10.3 Å². The zero-order valence-electron chi connectivity index (χ0n) is 22.8. The maximum absolute atomic E-state index is 14.4. The molecule has 0 radical (unpaired) electrons. The smallest absolute Gasteiger partial charge is 0.425 e. The van der Waals surface area contributed by atoms with Crippen LogP contribution in [-0.2, 0) is 9.47 Å². The van der Waals surface area contributed by atoms with Gasteiger partial charge < -0.3 is 13.9 Å². The van der Waals surface area contributed by atoms with Crippen molar-refractivity contribution in [3.8, 4) is 11.6 Å². The third-order valence-electron chi connectivity index (χ3n) is 5.00. The van der Waals surface area contributed by atoms with Crippen molar-refractivity contribution in [1.82, 2.24) is 15.0 Å². The van der Waals surface area contributed by atoms with Crippen LogP contribution in [0.4, 0.5) is 28.6 Å². The van der Waals surface area contributed by atoms with Crippen molar-refractivity contribution in [3.05, 3.63) is 58.7 Å². The largest absolute Gasteiger partial charge is 0.452 e. The van der Waals surface area contributed by atoms with Gasteiger partial charge in [-0.25, -0.2) is 37.7 Å². The molecule has 0 bridgehead atoms. The molecule has 0 aliphatic rings. The Morgan fingerprint density at radius 3 is 2.15 bits per heavy atom. The Balaban J connectivity index is 1.96. The highest BCUT2D eigenvalue weighted by Crippen LogP contribution is 2.36. The van der Waals surface area contributed by atoms with Crippen LogP contribution in [0.1, 0.15) is 69.1 Å². The van der Waals surface area contributed by atoms with E-state index in [1.807, 2.05) is 0 Å². The quantitative estimate of drug-likeness (QED) is 0.220. The van der Waals surface area contributed by atoms with Gasteiger partial charge in [0.1, 0.15) is 21.7 Å². The third kappa shape index (κ3) is 6.70. The standard InChI is InChI=1S/C27H25F3N4O6S/c1-26(2,3)39-24(36)34(25(37)40-27(4,5)6)22-13-12-17(19(35)18-14(28)8-7-11-31-18)41-23(13)33-21(32-22)16-10-9-15(38-16)20(29)30/h7-12,20H,1-6H3. The second kappa shape index (κ2) is 10.9. The molecule has 4 rings (SSSR count). The molecule has 0 saturated heterocycles. The van der Waals surface area contributed by atoms with Crippen molar-refractivity contribution in [2.24, 2.45) is 0 Å². The number of pyridine rings is 1. The van der Waals surface area contributed by atoms with Crippen molar-refractivity contribution in [2.75, 3.05) is 4.90 Å². The number of amides is 2. The van der Waals surface area contributed by atoms with Crippen LogP contribution in [0.3, 0.4) is 0 Å². The number of hydrogen-bond acceptors (Lipinski definition) is 10. The summed E-state index contributed by atoms with van der Waals surface area (Å²) in [6, 6.07) is 5.88. The number of hydrogen-bond donors (Lipinski definition) is 0. The maximum atomic E-state index is 14.4. The van der Waals surface area contributed by atoms with Crippen LogP contribution in [0.15, 0.2) is 40.9 Å². The number of carbonyl (C=O) groups excluding carboxylic acids is 3. The number of ether oxygens (including phenoxy) is 2. The highest BCUT2D eigenvalue weighted by molar-refractivity contribution is 7.20. The van der Waals surface area contributed by atoms with Gasteiger partial charge in [-0.2, -0.15) is 4.90 Å². The fourth-order valence-corrected chi connectivity index (χ4v) is 4.39. The summed E-state index contributed by atoms with van der Waals surface area (Å²) < 4.78 is 56.9. The average molecular weight is 591 g/mol. The Bertz CT molecular complexity index is 1610. The molecule has 0 aliphatic carbocycles. The van der Waals surface area contributed by atoms with Gasteiger partial charge in [-0.15, -0.1) is 11.3 Å². The number of nitrogens with zero attached hydrogens (tertiary/aromatic N) is 4. The lowest BCUT2D eigenvalue weighted by Crippen LogP contribution is -2.44. The molecule has 0 unspecified atom stereocenters. The minimum Gasteiger partial charge on any atom is -0.452 e. The second-order valence-corrected chi connectivity index (χ2v) is 11.7. The van der Waals surface area contributed by atoms with Gasteiger partial charge in [0.2, 0.25) is 5.78 Å². The van der Waals surface area contributed by atoms with E-state index in [1.54, 1.807) is 41.5 Å². The van der Waals surface area contributed by atoms with E-state index < -0.39 is 52.9 Å². The van der Waals surface area contributed by atoms with E-state index in [-0.39, 0.29) is 32.5 Å². The molecule has 4 aromatic rings. The van der Waals surface area contributed by atoms with Crippen LogP contribution in [0.25, 0.3) is 21.8 Å². The monoisotopic (exact) mass is 590 g/mol. The first kappa shape index (κ1) is 29.6. The van der Waals surface area contributed by atoms with Crippen molar-refractivity contribution in [2.45, 2.75) is 59.2 Å². The molecule has 4 aromatic heterocycles. The van der Waals surface area contributed by atoms with Gasteiger partial charge in [-0.1, -0.05) is 0 Å². The van der Waals surface area contributed by atoms with Crippen LogP contribution in [0, 0.1) is 5.82 Å². The number of thiophene rings is 1. The molecule has 0 saturated carbocycles. The molecular formula is C27H25F3N4O6S. The number of carbonyl (C=O) groups is 3. The molecule has 14 heteroatoms. The highest BCUT2D eigenvalue weighted by Gasteiger charge is 2.36. The molecular weight excluding hydrogens is 565 g/mol. The van der Waals surface area contributed by atoms with Crippen LogP contribution in [-0.4, -0.2) is 44.1 Å². The van der Waals surface area contributed by atoms with Gasteiger partial charge in [0.15, 0.2) is 29.0 Å². The molecule has 2 amide bonds. The van der Waals surface area contributed by atoms with Crippen LogP contribution < -0.4 is 4.90 Å². The predicted molar refractivity (Wildman–Crippen MR) is 143 cm³/mol. The number of aromatic nitrogens is 3. The molecule has 0 atom stereocenters. The van der Waals surface area contributed by atoms with Gasteiger partial charge in [0, 0.05) is 6.20 Å². The number of alkyl halides is 2. The van der Waals surface area contributed by atoms with Crippen molar-refractivity contribution in [3.63, 3.8) is 0 Å². The van der Waals surface area contributed by atoms with E-state index >= 15 is 0 Å². The summed E-state index contributed by atoms with van der Waals surface area (Å²) in [5.74, 6) is -3.16. The zero-order valence-corrected chi connectivity index (χ0v) is 23.6. The van der Waals surface area contributed by atoms with Crippen LogP contribution >= 0.6 is 11.3 Å². The minimum absolute atomic E-state index is 0.0239. The first-order valence-electron chi connectivity index (χ1n) is 12.1. The lowest BCUT2D eigenvalue weighted by atomic mass is 10.2. The highest BCUT2D eigenvalue weighted by atomic mass is 32.1. The normalized spacial score (nSPS) is 12.0. The first-order chi connectivity index (χ1) is 19.0. The second-order valence-electron chi connectivity index (χ2n) is 10.7. The summed E-state index contributed by atoms with van der Waals surface area (Å²) in [4.78, 5) is 52.8. The summed E-state index contributed by atoms with van der Waals surface area (Å²) in [6.07, 6.45) is -4.01. The number of halogens is 3. The summed E-state index contributed by atoms with van der Waals surface area (Å²) in [5, 5.41) is 0.0239. The summed E-state index contributed by atoms with van der Waals surface area (Å²) in [6.45, 7) is 9.48. The van der Waals surface area contributed by atoms with Crippen LogP contribution in [0.5, 0.6) is 0 Å². The van der Waals surface area contributed by atoms with E-state index in [4.69, 9.17) is 13.9 Å². The Kier molecular flexibility index (Phi) is 7.89. The molecule has 0 aliphatic heterocycles. The molecule has 10 nitrogen and oxygen atoms in total. The minimum atomic E-state index is -2.92. The van der Waals surface area contributed by atoms with Gasteiger partial charge in [0.25, 0.3) is 6.43 Å². The van der Waals surface area contributed by atoms with Gasteiger partial charge in [-0.05, 0) is 71.9 Å². The first-order valence-corrected chi connectivity index (χ1v) is 13.0. The van der Waals surface area contributed by atoms with E-state index in [1.165, 1.54) is 24.4 Å². The van der Waals surface area contributed by atoms with Crippen molar-refractivity contribution in [1.29, 1.82) is 0 Å². The van der Waals surface area contributed by atoms with E-state index in [9.17, 15) is 27.6 Å². The number of imide groups is 1. The lowest BCUT2D eigenvalue weighted by molar-refractivity contribution is 0.0429. The predicted octanol–water partition coefficient (Wildman–Crippen LogP) is 7.33. The molecule has 0 fully saturated rings. The summed E-state index contributed by atoms with van der Waals surface area (Å²) >= 11 is 0.784. The van der Waals surface area contributed by atoms with Crippen molar-refractivity contribution >= 4 is 45.3 Å². The summed E-state index contributed by atoms with van der Waals surface area (Å²) in [7, 11) is 0. The SMILES string of the molecule is CC(C)(C)OC(=O)N(C(=O)OC(C)(C)C)c1nc(-c2ccc(C(F)F)o2)nc2sc(C(=O)c3ncccc3F)cc12. The van der Waals surface area contributed by atoms with Gasteiger partial charge >= 0.3 is 12.2 Å². The fourth-order valence-electron chi connectivity index (χ4n) is 3.42. The third-order valence-corrected chi connectivity index (χ3v) is 6.02. The van der Waals surface area contributed by atoms with Crippen molar-refractivity contribution < 1.29 is 41.4 Å². The zero-order chi connectivity index (χ0) is 30.3. The Labute approximate surface area is 236 Å². The molecule has 4 heterocycles. The molecule has 216 valence electrons. The molecule has 0 spiro atoms. The number of ketones is 1. The Hall–Kier alpha value is -4.33. The number of rotatable bonds is 5. The molecule has 41 heavy (non-hydrogen) atoms. The van der Waals surface area contributed by atoms with Gasteiger partial charge in [-0.3, -0.25) is 4.79 Å². The maximum Gasteiger partial charge on any atom is 0.425 e. The number of anilines is 1. The van der Waals surface area contributed by atoms with Crippen LogP contribution in [0.2, 0.25) is 0 Å². The Morgan fingerprint density at radius 2 is 1.61 bits per heavy atom. The number of furan rings is 1. The summed E-state index contributed by atoms with van der Waals surface area (Å²) in [5.41, 5.74) is -2.56. The van der Waals surface area contributed by atoms with E-state index in [0.29, 0.717) is 4.90 Å². The topological polar surface area (TPSA) is 125 Å². The fraction of sp³-hybridized carbons (Fsp3) is 0.333. The van der Waals surface area contributed by atoms with E-state index in [0.717, 1.165) is 23.5 Å².